The zero-order valence-corrected chi connectivity index (χ0v) is 49.9. The molecule has 2 N–H and O–H groups in total. The number of rotatable bonds is 56. The van der Waals surface area contributed by atoms with Crippen molar-refractivity contribution in [2.24, 2.45) is 0 Å². The van der Waals surface area contributed by atoms with Gasteiger partial charge in [0, 0.05) is 26.1 Å². The zero-order valence-electron chi connectivity index (χ0n) is 48.3. The standard InChI is InChI=1S/2C30H62O4.O.Ti/c2*1-5-9-13-14-15-16-17-18-19-20-21-22-23-24-25-30(33-27-11-7-3,34-28-12-8-4)29(31)32-26-10-6-2;;/h2*29,31H,5-28H2,1-4H3;;. The fourth-order valence-corrected chi connectivity index (χ4v) is 8.53. The van der Waals surface area contributed by atoms with Crippen molar-refractivity contribution in [2.45, 2.75) is 349 Å². The van der Waals surface area contributed by atoms with Crippen LogP contribution in [0.5, 0.6) is 0 Å². The van der Waals surface area contributed by atoms with Gasteiger partial charge in [-0.2, -0.15) is 0 Å². The van der Waals surface area contributed by atoms with Gasteiger partial charge >= 0.3 is 23.7 Å². The Bertz CT molecular complexity index is 854. The molecule has 0 radical (unpaired) electrons. The topological polar surface area (TPSA) is 113 Å². The monoisotopic (exact) mass is 1040 g/mol. The second-order valence-corrected chi connectivity index (χ2v) is 20.3. The molecule has 0 rings (SSSR count). The number of hydrogen-bond donors (Lipinski definition) is 2. The number of ether oxygens (including phenoxy) is 6. The molecule has 0 saturated carbocycles. The van der Waals surface area contributed by atoms with Crippen molar-refractivity contribution in [1.29, 1.82) is 0 Å². The summed E-state index contributed by atoms with van der Waals surface area (Å²) in [6, 6.07) is 0. The Morgan fingerprint density at radius 2 is 0.443 bits per heavy atom. The molecule has 422 valence electrons. The Kier molecular flexibility index (Phi) is 65.7. The Morgan fingerprint density at radius 3 is 0.643 bits per heavy atom. The van der Waals surface area contributed by atoms with Crippen LogP contribution in [0.15, 0.2) is 0 Å². The molecule has 0 spiro atoms. The first kappa shape index (κ1) is 74.4. The van der Waals surface area contributed by atoms with Crippen LogP contribution in [0.1, 0.15) is 325 Å². The van der Waals surface area contributed by atoms with Crippen molar-refractivity contribution in [1.82, 2.24) is 0 Å². The molecule has 2 atom stereocenters. The molecule has 0 aromatic heterocycles. The van der Waals surface area contributed by atoms with Gasteiger partial charge in [0.2, 0.25) is 24.2 Å². The van der Waals surface area contributed by atoms with E-state index in [-0.39, 0.29) is 0 Å². The van der Waals surface area contributed by atoms with Gasteiger partial charge in [0.15, 0.2) is 0 Å². The summed E-state index contributed by atoms with van der Waals surface area (Å²) in [4.78, 5) is 0. The summed E-state index contributed by atoms with van der Waals surface area (Å²) in [6.45, 7) is 21.0. The second-order valence-electron chi connectivity index (χ2n) is 20.3. The number of aliphatic hydroxyl groups excluding tert-OH is 2. The second kappa shape index (κ2) is 61.7. The predicted octanol–water partition coefficient (Wildman–Crippen LogP) is 18.5. The molecule has 0 amide bonds. The summed E-state index contributed by atoms with van der Waals surface area (Å²) in [5.74, 6) is -2.04. The van der Waals surface area contributed by atoms with E-state index >= 15 is 0 Å². The van der Waals surface area contributed by atoms with Crippen molar-refractivity contribution < 1.29 is 62.4 Å². The molecule has 0 fully saturated rings. The fraction of sp³-hybridized carbons (Fsp3) is 1.00. The van der Waals surface area contributed by atoms with Crippen LogP contribution in [0.25, 0.3) is 0 Å². The van der Waals surface area contributed by atoms with E-state index in [1.54, 1.807) is 0 Å². The van der Waals surface area contributed by atoms with Gasteiger partial charge < -0.3 is 38.6 Å². The Labute approximate surface area is 449 Å². The van der Waals surface area contributed by atoms with E-state index < -0.39 is 24.2 Å². The summed E-state index contributed by atoms with van der Waals surface area (Å²) in [5.41, 5.74) is 0. The van der Waals surface area contributed by atoms with Crippen LogP contribution in [0, 0.1) is 0 Å². The minimum atomic E-state index is -1.02. The number of unbranched alkanes of at least 4 members (excludes halogenated alkanes) is 32. The summed E-state index contributed by atoms with van der Waals surface area (Å²) in [6.07, 6.45) is 48.9. The van der Waals surface area contributed by atoms with Gasteiger partial charge in [-0.25, -0.2) is 0 Å². The molecule has 9 nitrogen and oxygen atoms in total. The molecule has 0 bridgehead atoms. The van der Waals surface area contributed by atoms with E-state index in [0.717, 1.165) is 123 Å². The van der Waals surface area contributed by atoms with E-state index in [9.17, 15) is 10.2 Å². The quantitative estimate of drug-likeness (QED) is 0.0349. The Morgan fingerprint density at radius 1 is 0.271 bits per heavy atom. The van der Waals surface area contributed by atoms with Gasteiger partial charge in [0.1, 0.15) is 0 Å². The Hall–Kier alpha value is 0.194. The van der Waals surface area contributed by atoms with E-state index in [1.807, 2.05) is 0 Å². The summed E-state index contributed by atoms with van der Waals surface area (Å²) in [7, 11) is 0. The van der Waals surface area contributed by atoms with E-state index in [2.05, 4.69) is 55.4 Å². The van der Waals surface area contributed by atoms with E-state index in [4.69, 9.17) is 31.7 Å². The van der Waals surface area contributed by atoms with Crippen molar-refractivity contribution in [3.05, 3.63) is 0 Å². The minimum absolute atomic E-state index is 0.548. The van der Waals surface area contributed by atoms with Crippen LogP contribution in [-0.4, -0.2) is 74.0 Å². The van der Waals surface area contributed by atoms with Gasteiger partial charge in [-0.15, -0.1) is 0 Å². The van der Waals surface area contributed by atoms with Crippen molar-refractivity contribution in [3.8, 4) is 0 Å². The number of hydrogen-bond acceptors (Lipinski definition) is 9. The third-order valence-electron chi connectivity index (χ3n) is 13.4. The van der Waals surface area contributed by atoms with Gasteiger partial charge in [-0.3, -0.25) is 0 Å². The van der Waals surface area contributed by atoms with Crippen molar-refractivity contribution in [2.75, 3.05) is 39.6 Å². The Balaban J connectivity index is -0.00000124. The molecule has 0 heterocycles. The molecule has 10 heteroatoms. The third kappa shape index (κ3) is 47.9. The van der Waals surface area contributed by atoms with Gasteiger partial charge in [0.05, 0.1) is 26.4 Å². The van der Waals surface area contributed by atoms with Crippen LogP contribution in [0.4, 0.5) is 0 Å². The fourth-order valence-electron chi connectivity index (χ4n) is 8.53. The van der Waals surface area contributed by atoms with Crippen LogP contribution < -0.4 is 0 Å². The van der Waals surface area contributed by atoms with Gasteiger partial charge in [0.25, 0.3) is 0 Å². The maximum atomic E-state index is 10.9. The normalized spacial score (nSPS) is 12.6. The van der Waals surface area contributed by atoms with Crippen LogP contribution in [0.2, 0.25) is 0 Å². The SMILES string of the molecule is CCCCCCCCCCCCCCCCC(OCCCC)(OCCCC)C(O)OCCCC.CCCCCCCCCCCCCCCCC(OCCCC)(OCCCC)C(O)OCCCC.[O]=[Ti]. The molecule has 0 aromatic rings. The van der Waals surface area contributed by atoms with Crippen LogP contribution in [0.3, 0.4) is 0 Å². The van der Waals surface area contributed by atoms with Gasteiger partial charge in [-0.05, 0) is 51.4 Å². The molecule has 0 aliphatic rings. The molecule has 2 unspecified atom stereocenters. The van der Waals surface area contributed by atoms with Crippen molar-refractivity contribution >= 4 is 0 Å². The average Bonchev–Trinajstić information content (AvgIpc) is 3.37. The maximum absolute atomic E-state index is 10.9. The summed E-state index contributed by atoms with van der Waals surface area (Å²) >= 11 is 0.750. The summed E-state index contributed by atoms with van der Waals surface area (Å²) in [5, 5.41) is 21.8. The molecular weight excluding hydrogens is 913 g/mol. The van der Waals surface area contributed by atoms with E-state index in [1.165, 1.54) is 154 Å². The average molecular weight is 1040 g/mol. The third-order valence-corrected chi connectivity index (χ3v) is 13.4. The molecular formula is C60H124O9Ti. The molecule has 70 heavy (non-hydrogen) atoms. The first-order valence-corrected chi connectivity index (χ1v) is 31.3. The van der Waals surface area contributed by atoms with Gasteiger partial charge in [-0.1, -0.05) is 261 Å². The molecule has 0 aromatic carbocycles. The molecule has 0 aliphatic carbocycles. The first-order chi connectivity index (χ1) is 34.3. The van der Waals surface area contributed by atoms with Crippen LogP contribution in [-0.2, 0) is 52.2 Å². The van der Waals surface area contributed by atoms with Crippen LogP contribution >= 0.6 is 0 Å². The molecule has 0 aliphatic heterocycles. The molecule has 0 saturated heterocycles. The van der Waals surface area contributed by atoms with E-state index in [0.29, 0.717) is 52.5 Å². The van der Waals surface area contributed by atoms with Crippen molar-refractivity contribution in [3.63, 3.8) is 0 Å². The zero-order chi connectivity index (χ0) is 52.3. The summed E-state index contributed by atoms with van der Waals surface area (Å²) < 4.78 is 44.7. The first-order valence-electron chi connectivity index (χ1n) is 30.7. The number of aliphatic hydroxyl groups is 2. The predicted molar refractivity (Wildman–Crippen MR) is 293 cm³/mol.